The van der Waals surface area contributed by atoms with Gasteiger partial charge in [-0.3, -0.25) is 0 Å². The molecule has 1 fully saturated rings. The molecule has 1 aliphatic carbocycles. The zero-order valence-corrected chi connectivity index (χ0v) is 6.42. The first-order chi connectivity index (χ1) is 4.88. The summed E-state index contributed by atoms with van der Waals surface area (Å²) in [6.45, 7) is 4.12. The molecule has 0 aromatic rings. The van der Waals surface area contributed by atoms with Crippen LogP contribution in [0.25, 0.3) is 0 Å². The van der Waals surface area contributed by atoms with Crippen molar-refractivity contribution >= 4 is 0 Å². The van der Waals surface area contributed by atoms with Crippen molar-refractivity contribution in [3.05, 3.63) is 12.7 Å². The van der Waals surface area contributed by atoms with Gasteiger partial charge in [-0.15, -0.1) is 6.58 Å². The molecule has 0 unspecified atom stereocenters. The second-order valence-electron chi connectivity index (χ2n) is 3.13. The minimum Gasteiger partial charge on any atom is -0.396 e. The monoisotopic (exact) mass is 140 g/mol. The number of hydrogen-bond acceptors (Lipinski definition) is 1. The summed E-state index contributed by atoms with van der Waals surface area (Å²) in [5.41, 5.74) is 0. The molecule has 1 aliphatic rings. The van der Waals surface area contributed by atoms with Crippen molar-refractivity contribution < 1.29 is 5.11 Å². The highest BCUT2D eigenvalue weighted by Crippen LogP contribution is 2.29. The third-order valence-corrected chi connectivity index (χ3v) is 2.51. The van der Waals surface area contributed by atoms with Crippen molar-refractivity contribution in [3.63, 3.8) is 0 Å². The third kappa shape index (κ3) is 1.60. The topological polar surface area (TPSA) is 20.2 Å². The maximum atomic E-state index is 8.94. The van der Waals surface area contributed by atoms with E-state index in [1.807, 2.05) is 6.08 Å². The standard InChI is InChI=1S/C9H16O/c1-2-8-5-3-4-6-9(8)7-10/h2,8-10H,1,3-7H2/t8-,9-/m0/s1. The van der Waals surface area contributed by atoms with Crippen molar-refractivity contribution in [1.29, 1.82) is 0 Å². The van der Waals surface area contributed by atoms with Gasteiger partial charge < -0.3 is 5.11 Å². The SMILES string of the molecule is C=C[C@H]1CCCC[C@H]1CO. The lowest BCUT2D eigenvalue weighted by Gasteiger charge is -2.27. The second-order valence-corrected chi connectivity index (χ2v) is 3.13. The van der Waals surface area contributed by atoms with Crippen LogP contribution >= 0.6 is 0 Å². The first kappa shape index (κ1) is 7.80. The Balaban J connectivity index is 2.41. The van der Waals surface area contributed by atoms with Gasteiger partial charge in [-0.2, -0.15) is 0 Å². The second kappa shape index (κ2) is 3.77. The summed E-state index contributed by atoms with van der Waals surface area (Å²) < 4.78 is 0. The fraction of sp³-hybridized carbons (Fsp3) is 0.778. The highest BCUT2D eigenvalue weighted by atomic mass is 16.3. The molecule has 0 aliphatic heterocycles. The molecule has 58 valence electrons. The number of aliphatic hydroxyl groups is 1. The zero-order valence-electron chi connectivity index (χ0n) is 6.42. The van der Waals surface area contributed by atoms with E-state index in [4.69, 9.17) is 5.11 Å². The van der Waals surface area contributed by atoms with Gasteiger partial charge in [0.1, 0.15) is 0 Å². The lowest BCUT2D eigenvalue weighted by Crippen LogP contribution is -2.20. The van der Waals surface area contributed by atoms with E-state index in [0.29, 0.717) is 18.4 Å². The number of allylic oxidation sites excluding steroid dienone is 1. The van der Waals surface area contributed by atoms with E-state index in [2.05, 4.69) is 6.58 Å². The van der Waals surface area contributed by atoms with Crippen LogP contribution in [-0.2, 0) is 0 Å². The average molecular weight is 140 g/mol. The van der Waals surface area contributed by atoms with E-state index in [1.165, 1.54) is 25.7 Å². The Bertz CT molecular complexity index is 109. The zero-order chi connectivity index (χ0) is 7.40. The van der Waals surface area contributed by atoms with E-state index < -0.39 is 0 Å². The minimum atomic E-state index is 0.344. The van der Waals surface area contributed by atoms with E-state index >= 15 is 0 Å². The number of aliphatic hydroxyl groups excluding tert-OH is 1. The molecule has 1 nitrogen and oxygen atoms in total. The highest BCUT2D eigenvalue weighted by Gasteiger charge is 2.21. The minimum absolute atomic E-state index is 0.344. The molecule has 1 rings (SSSR count). The van der Waals surface area contributed by atoms with Crippen LogP contribution in [0.1, 0.15) is 25.7 Å². The quantitative estimate of drug-likeness (QED) is 0.581. The van der Waals surface area contributed by atoms with Gasteiger partial charge in [0.25, 0.3) is 0 Å². The Morgan fingerprint density at radius 3 is 2.60 bits per heavy atom. The van der Waals surface area contributed by atoms with Gasteiger partial charge in [0.2, 0.25) is 0 Å². The lowest BCUT2D eigenvalue weighted by atomic mass is 9.80. The van der Waals surface area contributed by atoms with Crippen molar-refractivity contribution in [2.24, 2.45) is 11.8 Å². The van der Waals surface area contributed by atoms with Crippen LogP contribution in [0.15, 0.2) is 12.7 Å². The van der Waals surface area contributed by atoms with Gasteiger partial charge in [-0.05, 0) is 24.7 Å². The van der Waals surface area contributed by atoms with Crippen LogP contribution in [0.3, 0.4) is 0 Å². The van der Waals surface area contributed by atoms with Gasteiger partial charge >= 0.3 is 0 Å². The predicted octanol–water partition coefficient (Wildman–Crippen LogP) is 1.97. The molecule has 0 aromatic carbocycles. The van der Waals surface area contributed by atoms with Gasteiger partial charge in [0.05, 0.1) is 0 Å². The van der Waals surface area contributed by atoms with Crippen molar-refractivity contribution in [2.75, 3.05) is 6.61 Å². The molecular weight excluding hydrogens is 124 g/mol. The molecule has 1 saturated carbocycles. The maximum Gasteiger partial charge on any atom is 0.0464 e. The summed E-state index contributed by atoms with van der Waals surface area (Å²) in [5, 5.41) is 8.94. The lowest BCUT2D eigenvalue weighted by molar-refractivity contribution is 0.158. The van der Waals surface area contributed by atoms with Gasteiger partial charge in [-0.25, -0.2) is 0 Å². The summed E-state index contributed by atoms with van der Waals surface area (Å²) >= 11 is 0. The molecule has 0 saturated heterocycles. The molecule has 0 aromatic heterocycles. The molecule has 0 radical (unpaired) electrons. The van der Waals surface area contributed by atoms with E-state index in [0.717, 1.165) is 0 Å². The Kier molecular flexibility index (Phi) is 2.94. The normalized spacial score (nSPS) is 33.7. The van der Waals surface area contributed by atoms with E-state index in [9.17, 15) is 0 Å². The highest BCUT2D eigenvalue weighted by molar-refractivity contribution is 4.86. The first-order valence-electron chi connectivity index (χ1n) is 4.12. The molecule has 0 spiro atoms. The van der Waals surface area contributed by atoms with E-state index in [-0.39, 0.29) is 0 Å². The van der Waals surface area contributed by atoms with Crippen LogP contribution in [0.2, 0.25) is 0 Å². The molecule has 0 amide bonds. The van der Waals surface area contributed by atoms with Gasteiger partial charge in [0, 0.05) is 6.61 Å². The van der Waals surface area contributed by atoms with Crippen LogP contribution in [0.5, 0.6) is 0 Å². The molecule has 0 bridgehead atoms. The van der Waals surface area contributed by atoms with Crippen LogP contribution < -0.4 is 0 Å². The fourth-order valence-corrected chi connectivity index (χ4v) is 1.77. The Hall–Kier alpha value is -0.300. The average Bonchev–Trinajstić information content (AvgIpc) is 2.04. The molecule has 0 heterocycles. The summed E-state index contributed by atoms with van der Waals surface area (Å²) in [6.07, 6.45) is 7.02. The Morgan fingerprint density at radius 2 is 2.10 bits per heavy atom. The molecule has 1 heteroatoms. The molecule has 2 atom stereocenters. The maximum absolute atomic E-state index is 8.94. The molecule has 10 heavy (non-hydrogen) atoms. The fourth-order valence-electron chi connectivity index (χ4n) is 1.77. The number of hydrogen-bond donors (Lipinski definition) is 1. The van der Waals surface area contributed by atoms with Gasteiger partial charge in [0.15, 0.2) is 0 Å². The molecule has 1 N–H and O–H groups in total. The molecular formula is C9H16O. The van der Waals surface area contributed by atoms with Crippen molar-refractivity contribution in [1.82, 2.24) is 0 Å². The van der Waals surface area contributed by atoms with Gasteiger partial charge in [-0.1, -0.05) is 18.9 Å². The Morgan fingerprint density at radius 1 is 1.40 bits per heavy atom. The smallest absolute Gasteiger partial charge is 0.0464 e. The predicted molar refractivity (Wildman–Crippen MR) is 42.7 cm³/mol. The largest absolute Gasteiger partial charge is 0.396 e. The summed E-state index contributed by atoms with van der Waals surface area (Å²) in [6, 6.07) is 0. The first-order valence-corrected chi connectivity index (χ1v) is 4.12. The summed E-state index contributed by atoms with van der Waals surface area (Å²) in [5.74, 6) is 1.09. The Labute approximate surface area is 62.8 Å². The number of rotatable bonds is 2. The third-order valence-electron chi connectivity index (χ3n) is 2.51. The van der Waals surface area contributed by atoms with Crippen LogP contribution in [-0.4, -0.2) is 11.7 Å². The van der Waals surface area contributed by atoms with Crippen molar-refractivity contribution in [3.8, 4) is 0 Å². The van der Waals surface area contributed by atoms with Crippen molar-refractivity contribution in [2.45, 2.75) is 25.7 Å². The summed E-state index contributed by atoms with van der Waals surface area (Å²) in [7, 11) is 0. The van der Waals surface area contributed by atoms with E-state index in [1.54, 1.807) is 0 Å². The van der Waals surface area contributed by atoms with Crippen LogP contribution in [0, 0.1) is 11.8 Å². The van der Waals surface area contributed by atoms with Crippen LogP contribution in [0.4, 0.5) is 0 Å². The summed E-state index contributed by atoms with van der Waals surface area (Å²) in [4.78, 5) is 0.